The van der Waals surface area contributed by atoms with Gasteiger partial charge in [-0.2, -0.15) is 0 Å². The number of fused-ring (bicyclic) bond motifs is 1. The van der Waals surface area contributed by atoms with Gasteiger partial charge in [0, 0.05) is 23.5 Å². The van der Waals surface area contributed by atoms with Gasteiger partial charge in [0.15, 0.2) is 5.43 Å². The van der Waals surface area contributed by atoms with Gasteiger partial charge < -0.3 is 23.5 Å². The van der Waals surface area contributed by atoms with Crippen LogP contribution in [0.4, 0.5) is 0 Å². The first-order chi connectivity index (χ1) is 9.66. The second kappa shape index (κ2) is 5.65. The van der Waals surface area contributed by atoms with Gasteiger partial charge in [0.05, 0.1) is 13.2 Å². The molecule has 6 nitrogen and oxygen atoms in total. The van der Waals surface area contributed by atoms with E-state index in [-0.39, 0.29) is 37.3 Å². The van der Waals surface area contributed by atoms with E-state index >= 15 is 0 Å². The number of aromatic nitrogens is 1. The van der Waals surface area contributed by atoms with Gasteiger partial charge in [0.1, 0.15) is 31.9 Å². The van der Waals surface area contributed by atoms with Gasteiger partial charge in [-0.15, -0.1) is 0 Å². The highest BCUT2D eigenvalue weighted by Gasteiger charge is 2.38. The lowest BCUT2D eigenvalue weighted by atomic mass is 10.1. The average molecular weight is 281 g/mol. The van der Waals surface area contributed by atoms with Crippen molar-refractivity contribution in [2.45, 2.75) is 38.7 Å². The zero-order valence-corrected chi connectivity index (χ0v) is 11.7. The molecule has 2 fully saturated rings. The largest absolute Gasteiger partial charge is 0.353 e. The molecule has 6 heteroatoms. The van der Waals surface area contributed by atoms with Gasteiger partial charge in [-0.1, -0.05) is 0 Å². The van der Waals surface area contributed by atoms with Crippen LogP contribution in [0.15, 0.2) is 17.1 Å². The summed E-state index contributed by atoms with van der Waals surface area (Å²) in [6.07, 6.45) is 1.50. The predicted molar refractivity (Wildman–Crippen MR) is 70.5 cm³/mol. The molecule has 110 valence electrons. The number of ether oxygens (including phenoxy) is 4. The van der Waals surface area contributed by atoms with Crippen molar-refractivity contribution in [1.82, 2.24) is 4.57 Å². The number of nitrogens with zero attached hydrogens (tertiary/aromatic N) is 1. The Morgan fingerprint density at radius 3 is 2.95 bits per heavy atom. The van der Waals surface area contributed by atoms with Crippen molar-refractivity contribution in [3.63, 3.8) is 0 Å². The number of hydrogen-bond donors (Lipinski definition) is 0. The molecule has 0 aromatic carbocycles. The molecule has 20 heavy (non-hydrogen) atoms. The number of rotatable bonds is 2. The van der Waals surface area contributed by atoms with E-state index in [4.69, 9.17) is 18.9 Å². The summed E-state index contributed by atoms with van der Waals surface area (Å²) in [5, 5.41) is 0. The molecule has 2 saturated heterocycles. The normalized spacial score (nSPS) is 30.0. The van der Waals surface area contributed by atoms with Crippen molar-refractivity contribution in [1.29, 1.82) is 0 Å². The standard InChI is InChI=1S/C14H19NO5/c1-9-10(2)15(4-3-11(9)16)5-12-14-13(19-8-18-12)6-17-7-20-14/h3-4,12-14H,5-8H2,1-2H3. The lowest BCUT2D eigenvalue weighted by Gasteiger charge is -2.40. The predicted octanol–water partition coefficient (Wildman–Crippen LogP) is 0.580. The lowest BCUT2D eigenvalue weighted by Crippen LogP contribution is -2.54. The van der Waals surface area contributed by atoms with Gasteiger partial charge in [-0.05, 0) is 13.8 Å². The topological polar surface area (TPSA) is 58.9 Å². The first kappa shape index (κ1) is 13.8. The van der Waals surface area contributed by atoms with Gasteiger partial charge in [0.2, 0.25) is 0 Å². The van der Waals surface area contributed by atoms with Crippen LogP contribution in [0.5, 0.6) is 0 Å². The molecular formula is C14H19NO5. The van der Waals surface area contributed by atoms with Crippen LogP contribution in [0.25, 0.3) is 0 Å². The molecule has 0 bridgehead atoms. The Morgan fingerprint density at radius 2 is 2.10 bits per heavy atom. The fraction of sp³-hybridized carbons (Fsp3) is 0.643. The van der Waals surface area contributed by atoms with Crippen molar-refractivity contribution in [2.24, 2.45) is 0 Å². The average Bonchev–Trinajstić information content (AvgIpc) is 2.48. The first-order valence-corrected chi connectivity index (χ1v) is 6.76. The van der Waals surface area contributed by atoms with E-state index < -0.39 is 0 Å². The Morgan fingerprint density at radius 1 is 1.25 bits per heavy atom. The molecule has 0 radical (unpaired) electrons. The SMILES string of the molecule is Cc1c(C)n(CC2OCOC3COCOC32)ccc1=O. The number of hydrogen-bond acceptors (Lipinski definition) is 5. The minimum absolute atomic E-state index is 0.0619. The fourth-order valence-electron chi connectivity index (χ4n) is 2.63. The van der Waals surface area contributed by atoms with Crippen LogP contribution >= 0.6 is 0 Å². The van der Waals surface area contributed by atoms with Gasteiger partial charge >= 0.3 is 0 Å². The smallest absolute Gasteiger partial charge is 0.184 e. The van der Waals surface area contributed by atoms with E-state index in [0.717, 1.165) is 11.3 Å². The summed E-state index contributed by atoms with van der Waals surface area (Å²) < 4.78 is 24.1. The zero-order chi connectivity index (χ0) is 14.1. The Kier molecular flexibility index (Phi) is 3.89. The molecule has 0 spiro atoms. The first-order valence-electron chi connectivity index (χ1n) is 6.76. The molecule has 2 aliphatic heterocycles. The van der Waals surface area contributed by atoms with Gasteiger partial charge in [-0.3, -0.25) is 4.79 Å². The molecule has 2 aliphatic rings. The van der Waals surface area contributed by atoms with E-state index in [0.29, 0.717) is 13.2 Å². The highest BCUT2D eigenvalue weighted by atomic mass is 16.7. The summed E-state index contributed by atoms with van der Waals surface area (Å²) in [7, 11) is 0. The molecule has 0 amide bonds. The van der Waals surface area contributed by atoms with Crippen LogP contribution in [0.1, 0.15) is 11.3 Å². The molecule has 3 unspecified atom stereocenters. The summed E-state index contributed by atoms with van der Waals surface area (Å²) >= 11 is 0. The molecule has 1 aromatic rings. The van der Waals surface area contributed by atoms with Crippen molar-refractivity contribution < 1.29 is 18.9 Å². The minimum Gasteiger partial charge on any atom is -0.353 e. The summed E-state index contributed by atoms with van der Waals surface area (Å²) in [6, 6.07) is 1.59. The van der Waals surface area contributed by atoms with E-state index in [9.17, 15) is 4.79 Å². The van der Waals surface area contributed by atoms with Crippen LogP contribution in [-0.4, -0.2) is 43.1 Å². The third-order valence-corrected chi connectivity index (χ3v) is 4.05. The van der Waals surface area contributed by atoms with Crippen molar-refractivity contribution in [2.75, 3.05) is 20.2 Å². The highest BCUT2D eigenvalue weighted by molar-refractivity contribution is 5.18. The van der Waals surface area contributed by atoms with Crippen LogP contribution in [0, 0.1) is 13.8 Å². The zero-order valence-electron chi connectivity index (χ0n) is 11.7. The van der Waals surface area contributed by atoms with E-state index in [1.807, 2.05) is 18.4 Å². The van der Waals surface area contributed by atoms with Crippen LogP contribution in [0.3, 0.4) is 0 Å². The highest BCUT2D eigenvalue weighted by Crippen LogP contribution is 2.23. The second-order valence-electron chi connectivity index (χ2n) is 5.19. The van der Waals surface area contributed by atoms with Crippen molar-refractivity contribution in [3.8, 4) is 0 Å². The summed E-state index contributed by atoms with van der Waals surface area (Å²) in [5.74, 6) is 0. The van der Waals surface area contributed by atoms with Crippen LogP contribution in [0.2, 0.25) is 0 Å². The van der Waals surface area contributed by atoms with Crippen LogP contribution in [-0.2, 0) is 25.5 Å². The summed E-state index contributed by atoms with van der Waals surface area (Å²) in [4.78, 5) is 11.6. The minimum atomic E-state index is -0.128. The molecule has 3 rings (SSSR count). The van der Waals surface area contributed by atoms with E-state index in [1.165, 1.54) is 0 Å². The quantitative estimate of drug-likeness (QED) is 0.793. The van der Waals surface area contributed by atoms with E-state index in [2.05, 4.69) is 0 Å². The Labute approximate surface area is 117 Å². The van der Waals surface area contributed by atoms with Crippen molar-refractivity contribution in [3.05, 3.63) is 33.7 Å². The maximum absolute atomic E-state index is 11.6. The molecule has 0 N–H and O–H groups in total. The molecule has 0 saturated carbocycles. The third-order valence-electron chi connectivity index (χ3n) is 4.05. The van der Waals surface area contributed by atoms with Gasteiger partial charge in [-0.25, -0.2) is 0 Å². The summed E-state index contributed by atoms with van der Waals surface area (Å²) in [5.41, 5.74) is 1.78. The maximum Gasteiger partial charge on any atom is 0.184 e. The Balaban J connectivity index is 1.80. The second-order valence-corrected chi connectivity index (χ2v) is 5.19. The molecule has 1 aromatic heterocycles. The van der Waals surface area contributed by atoms with Crippen LogP contribution < -0.4 is 5.43 Å². The third kappa shape index (κ3) is 2.52. The molecule has 3 atom stereocenters. The molecule has 0 aliphatic carbocycles. The molecular weight excluding hydrogens is 262 g/mol. The molecule has 3 heterocycles. The number of pyridine rings is 1. The van der Waals surface area contributed by atoms with Gasteiger partial charge in [0.25, 0.3) is 0 Å². The lowest BCUT2D eigenvalue weighted by molar-refractivity contribution is -0.302. The monoisotopic (exact) mass is 281 g/mol. The van der Waals surface area contributed by atoms with E-state index in [1.54, 1.807) is 12.3 Å². The Hall–Kier alpha value is -1.21. The summed E-state index contributed by atoms with van der Waals surface area (Å²) in [6.45, 7) is 5.47. The maximum atomic E-state index is 11.6. The van der Waals surface area contributed by atoms with Crippen molar-refractivity contribution >= 4 is 0 Å². The fourth-order valence-corrected chi connectivity index (χ4v) is 2.63. The Bertz CT molecular complexity index is 539.